The van der Waals surface area contributed by atoms with Crippen LogP contribution in [0.1, 0.15) is 25.1 Å². The molecule has 0 spiro atoms. The van der Waals surface area contributed by atoms with Crippen LogP contribution in [-0.2, 0) is 11.2 Å². The molecule has 1 N–H and O–H groups in total. The quantitative estimate of drug-likeness (QED) is 0.393. The Kier molecular flexibility index (Phi) is 11.2. The third-order valence-electron chi connectivity index (χ3n) is 3.49. The van der Waals surface area contributed by atoms with E-state index in [1.165, 1.54) is 4.88 Å². The van der Waals surface area contributed by atoms with Gasteiger partial charge in [-0.05, 0) is 31.2 Å². The minimum atomic E-state index is 0. The van der Waals surface area contributed by atoms with Crippen molar-refractivity contribution in [3.8, 4) is 0 Å². The number of halogens is 1. The SMILES string of the molecule is CCC(C)NC(=NCC(=O)N(C)C)N(C)CCc1cccs1.I. The van der Waals surface area contributed by atoms with Crippen molar-refractivity contribution in [2.45, 2.75) is 32.7 Å². The van der Waals surface area contributed by atoms with Gasteiger partial charge in [-0.3, -0.25) is 4.79 Å². The maximum absolute atomic E-state index is 11.7. The topological polar surface area (TPSA) is 47.9 Å². The zero-order valence-electron chi connectivity index (χ0n) is 14.7. The van der Waals surface area contributed by atoms with Crippen molar-refractivity contribution < 1.29 is 4.79 Å². The number of carbonyl (C=O) groups excluding carboxylic acids is 1. The van der Waals surface area contributed by atoms with Crippen LogP contribution in [-0.4, -0.2) is 61.9 Å². The molecule has 132 valence electrons. The Balaban J connectivity index is 0.00000484. The van der Waals surface area contributed by atoms with Crippen LogP contribution in [0.4, 0.5) is 0 Å². The van der Waals surface area contributed by atoms with Crippen molar-refractivity contribution in [3.63, 3.8) is 0 Å². The lowest BCUT2D eigenvalue weighted by molar-refractivity contribution is -0.127. The number of thiophene rings is 1. The second kappa shape index (κ2) is 11.7. The molecule has 1 unspecified atom stereocenters. The Bertz CT molecular complexity index is 476. The van der Waals surface area contributed by atoms with Gasteiger partial charge in [-0.25, -0.2) is 4.99 Å². The fourth-order valence-corrected chi connectivity index (χ4v) is 2.42. The first-order valence-corrected chi connectivity index (χ1v) is 8.56. The Labute approximate surface area is 161 Å². The first-order chi connectivity index (χ1) is 10.4. The van der Waals surface area contributed by atoms with Gasteiger partial charge in [-0.1, -0.05) is 13.0 Å². The lowest BCUT2D eigenvalue weighted by Gasteiger charge is -2.25. The highest BCUT2D eigenvalue weighted by Crippen LogP contribution is 2.09. The van der Waals surface area contributed by atoms with Gasteiger partial charge in [0.05, 0.1) is 0 Å². The number of hydrogen-bond acceptors (Lipinski definition) is 3. The van der Waals surface area contributed by atoms with Gasteiger partial charge in [0.15, 0.2) is 5.96 Å². The molecule has 0 fully saturated rings. The van der Waals surface area contributed by atoms with Gasteiger partial charge in [0.2, 0.25) is 5.91 Å². The van der Waals surface area contributed by atoms with E-state index in [-0.39, 0.29) is 36.4 Å². The van der Waals surface area contributed by atoms with Crippen molar-refractivity contribution in [3.05, 3.63) is 22.4 Å². The van der Waals surface area contributed by atoms with E-state index >= 15 is 0 Å². The first-order valence-electron chi connectivity index (χ1n) is 7.68. The summed E-state index contributed by atoms with van der Waals surface area (Å²) in [5, 5.41) is 5.49. The lowest BCUT2D eigenvalue weighted by atomic mass is 10.2. The van der Waals surface area contributed by atoms with E-state index in [1.54, 1.807) is 30.3 Å². The Morgan fingerprint density at radius 1 is 1.39 bits per heavy atom. The van der Waals surface area contributed by atoms with Gasteiger partial charge in [-0.2, -0.15) is 0 Å². The van der Waals surface area contributed by atoms with Gasteiger partial charge in [0.1, 0.15) is 6.54 Å². The Hall–Kier alpha value is -0.830. The molecule has 0 bridgehead atoms. The fraction of sp³-hybridized carbons (Fsp3) is 0.625. The molecule has 23 heavy (non-hydrogen) atoms. The third-order valence-corrected chi connectivity index (χ3v) is 4.42. The summed E-state index contributed by atoms with van der Waals surface area (Å²) in [5.41, 5.74) is 0. The van der Waals surface area contributed by atoms with Crippen molar-refractivity contribution in [1.29, 1.82) is 0 Å². The second-order valence-electron chi connectivity index (χ2n) is 5.63. The average molecular weight is 452 g/mol. The normalized spacial score (nSPS) is 12.3. The van der Waals surface area contributed by atoms with Crippen LogP contribution in [0.15, 0.2) is 22.5 Å². The van der Waals surface area contributed by atoms with Gasteiger partial charge < -0.3 is 15.1 Å². The molecule has 0 aliphatic carbocycles. The van der Waals surface area contributed by atoms with Crippen LogP contribution in [0.2, 0.25) is 0 Å². The van der Waals surface area contributed by atoms with E-state index < -0.39 is 0 Å². The summed E-state index contributed by atoms with van der Waals surface area (Å²) in [6, 6.07) is 4.55. The molecule has 1 aromatic heterocycles. The fourth-order valence-electron chi connectivity index (χ4n) is 1.72. The molecule has 1 atom stereocenters. The molecular weight excluding hydrogens is 423 g/mol. The maximum Gasteiger partial charge on any atom is 0.243 e. The minimum absolute atomic E-state index is 0. The summed E-state index contributed by atoms with van der Waals surface area (Å²) < 4.78 is 0. The Morgan fingerprint density at radius 2 is 2.09 bits per heavy atom. The molecule has 1 rings (SSSR count). The van der Waals surface area contributed by atoms with E-state index in [9.17, 15) is 4.79 Å². The molecule has 5 nitrogen and oxygen atoms in total. The van der Waals surface area contributed by atoms with Gasteiger partial charge >= 0.3 is 0 Å². The van der Waals surface area contributed by atoms with Gasteiger partial charge in [0.25, 0.3) is 0 Å². The van der Waals surface area contributed by atoms with Crippen molar-refractivity contribution in [2.24, 2.45) is 4.99 Å². The number of carbonyl (C=O) groups is 1. The summed E-state index contributed by atoms with van der Waals surface area (Å²) in [7, 11) is 5.52. The molecule has 1 amide bonds. The Morgan fingerprint density at radius 3 is 2.61 bits per heavy atom. The molecule has 7 heteroatoms. The number of nitrogens with zero attached hydrogens (tertiary/aromatic N) is 3. The highest BCUT2D eigenvalue weighted by atomic mass is 127. The number of nitrogens with one attached hydrogen (secondary N) is 1. The van der Waals surface area contributed by atoms with Crippen LogP contribution >= 0.6 is 35.3 Å². The van der Waals surface area contributed by atoms with E-state index in [1.807, 2.05) is 7.05 Å². The molecule has 0 saturated heterocycles. The summed E-state index contributed by atoms with van der Waals surface area (Å²) >= 11 is 1.77. The van der Waals surface area contributed by atoms with Crippen LogP contribution in [0.25, 0.3) is 0 Å². The third kappa shape index (κ3) is 8.55. The lowest BCUT2D eigenvalue weighted by Crippen LogP contribution is -2.44. The number of amides is 1. The molecule has 1 aromatic rings. The van der Waals surface area contributed by atoms with Crippen LogP contribution in [0.3, 0.4) is 0 Å². The van der Waals surface area contributed by atoms with Crippen LogP contribution in [0, 0.1) is 0 Å². The van der Waals surface area contributed by atoms with Crippen molar-refractivity contribution in [2.75, 3.05) is 34.2 Å². The molecule has 1 heterocycles. The van der Waals surface area contributed by atoms with E-state index in [2.05, 4.69) is 46.6 Å². The zero-order chi connectivity index (χ0) is 16.5. The van der Waals surface area contributed by atoms with E-state index in [0.717, 1.165) is 25.3 Å². The number of aliphatic imine (C=N–C) groups is 1. The number of hydrogen-bond donors (Lipinski definition) is 1. The average Bonchev–Trinajstić information content (AvgIpc) is 3.01. The van der Waals surface area contributed by atoms with E-state index in [4.69, 9.17) is 0 Å². The highest BCUT2D eigenvalue weighted by Gasteiger charge is 2.11. The monoisotopic (exact) mass is 452 g/mol. The molecule has 0 aromatic carbocycles. The molecule has 0 aliphatic heterocycles. The minimum Gasteiger partial charge on any atom is -0.354 e. The number of guanidine groups is 1. The first kappa shape index (κ1) is 22.2. The largest absolute Gasteiger partial charge is 0.354 e. The van der Waals surface area contributed by atoms with Crippen LogP contribution < -0.4 is 5.32 Å². The van der Waals surface area contributed by atoms with E-state index in [0.29, 0.717) is 6.04 Å². The van der Waals surface area contributed by atoms with Gasteiger partial charge in [-0.15, -0.1) is 35.3 Å². The van der Waals surface area contributed by atoms with Crippen LogP contribution in [0.5, 0.6) is 0 Å². The number of rotatable bonds is 7. The predicted octanol–water partition coefficient (Wildman–Crippen LogP) is 2.67. The number of likely N-dealkylation sites (N-methyl/N-ethyl adjacent to an activating group) is 2. The van der Waals surface area contributed by atoms with Crippen molar-refractivity contribution in [1.82, 2.24) is 15.1 Å². The predicted molar refractivity (Wildman–Crippen MR) is 110 cm³/mol. The molecule has 0 radical (unpaired) electrons. The maximum atomic E-state index is 11.7. The zero-order valence-corrected chi connectivity index (χ0v) is 17.9. The standard InChI is InChI=1S/C16H28N4OS.HI/c1-6-13(2)18-16(17-12-15(21)19(3)4)20(5)10-9-14-8-7-11-22-14;/h7-8,11,13H,6,9-10,12H2,1-5H3,(H,17,18);1H. The summed E-state index contributed by atoms with van der Waals surface area (Å²) in [4.78, 5) is 21.2. The summed E-state index contributed by atoms with van der Waals surface area (Å²) in [6.45, 7) is 5.30. The smallest absolute Gasteiger partial charge is 0.243 e. The second-order valence-corrected chi connectivity index (χ2v) is 6.66. The molecule has 0 saturated carbocycles. The van der Waals surface area contributed by atoms with Crippen molar-refractivity contribution >= 4 is 47.2 Å². The molecular formula is C16H29IN4OS. The summed E-state index contributed by atoms with van der Waals surface area (Å²) in [5.74, 6) is 0.802. The molecule has 0 aliphatic rings. The van der Waals surface area contributed by atoms with Gasteiger partial charge in [0, 0.05) is 38.6 Å². The highest BCUT2D eigenvalue weighted by molar-refractivity contribution is 14.0. The summed E-state index contributed by atoms with van der Waals surface area (Å²) in [6.07, 6.45) is 2.00.